The molecule has 0 spiro atoms. The topological polar surface area (TPSA) is 40.5 Å². The van der Waals surface area contributed by atoms with Crippen molar-refractivity contribution in [1.29, 1.82) is 0 Å². The lowest BCUT2D eigenvalue weighted by atomic mass is 9.85. The lowest BCUT2D eigenvalue weighted by Crippen LogP contribution is -2.43. The first-order valence-corrected chi connectivity index (χ1v) is 8.16. The summed E-state index contributed by atoms with van der Waals surface area (Å²) in [5.74, 6) is 2.56. The Balaban J connectivity index is 2.31. The summed E-state index contributed by atoms with van der Waals surface area (Å²) in [5.41, 5.74) is 0. The molecule has 18 heavy (non-hydrogen) atoms. The Labute approximate surface area is 115 Å². The van der Waals surface area contributed by atoms with Gasteiger partial charge in [-0.2, -0.15) is 11.8 Å². The van der Waals surface area contributed by atoms with Crippen LogP contribution in [0.1, 0.15) is 39.5 Å². The molecule has 0 saturated heterocycles. The van der Waals surface area contributed by atoms with Gasteiger partial charge in [-0.15, -0.1) is 0 Å². The van der Waals surface area contributed by atoms with Crippen molar-refractivity contribution in [2.24, 2.45) is 11.8 Å². The zero-order chi connectivity index (χ0) is 13.5. The van der Waals surface area contributed by atoms with E-state index in [9.17, 15) is 4.79 Å². The molecular weight excluding hydrogens is 246 g/mol. The number of aliphatic hydroxyl groups excluding tert-OH is 1. The average molecular weight is 273 g/mol. The summed E-state index contributed by atoms with van der Waals surface area (Å²) < 4.78 is 0. The van der Waals surface area contributed by atoms with Crippen molar-refractivity contribution in [3.63, 3.8) is 0 Å². The number of hydrogen-bond acceptors (Lipinski definition) is 3. The summed E-state index contributed by atoms with van der Waals surface area (Å²) in [4.78, 5) is 14.1. The van der Waals surface area contributed by atoms with Crippen molar-refractivity contribution in [3.8, 4) is 0 Å². The summed E-state index contributed by atoms with van der Waals surface area (Å²) in [6.07, 6.45) is 4.96. The molecule has 3 nitrogen and oxygen atoms in total. The third-order valence-corrected chi connectivity index (χ3v) is 5.15. The zero-order valence-electron chi connectivity index (χ0n) is 11.9. The smallest absolute Gasteiger partial charge is 0.232 e. The van der Waals surface area contributed by atoms with Crippen LogP contribution >= 0.6 is 11.8 Å². The molecule has 0 aromatic heterocycles. The minimum absolute atomic E-state index is 0.205. The average Bonchev–Trinajstić information content (AvgIpc) is 2.38. The molecule has 106 valence electrons. The second kappa shape index (κ2) is 8.05. The maximum atomic E-state index is 12.1. The molecule has 0 bridgehead atoms. The van der Waals surface area contributed by atoms with Gasteiger partial charge in [0.2, 0.25) is 5.91 Å². The van der Waals surface area contributed by atoms with Gasteiger partial charge in [0.05, 0.1) is 5.75 Å². The molecule has 1 fully saturated rings. The fraction of sp³-hybridized carbons (Fsp3) is 0.929. The Morgan fingerprint density at radius 3 is 2.72 bits per heavy atom. The summed E-state index contributed by atoms with van der Waals surface area (Å²) >= 11 is 1.64. The second-order valence-corrected chi connectivity index (χ2v) is 6.67. The number of thioether (sulfide) groups is 1. The van der Waals surface area contributed by atoms with E-state index in [1.54, 1.807) is 11.8 Å². The van der Waals surface area contributed by atoms with Crippen LogP contribution < -0.4 is 0 Å². The Morgan fingerprint density at radius 2 is 2.11 bits per heavy atom. The van der Waals surface area contributed by atoms with E-state index in [2.05, 4.69) is 6.92 Å². The van der Waals surface area contributed by atoms with E-state index in [4.69, 9.17) is 5.11 Å². The van der Waals surface area contributed by atoms with Gasteiger partial charge in [-0.05, 0) is 30.4 Å². The maximum absolute atomic E-state index is 12.1. The van der Waals surface area contributed by atoms with Gasteiger partial charge < -0.3 is 10.0 Å². The molecule has 1 rings (SSSR count). The van der Waals surface area contributed by atoms with Crippen molar-refractivity contribution in [2.45, 2.75) is 45.6 Å². The SMILES string of the molecule is C[C@H](CO)CSCC(=O)N(C)[C@H]1CCCC[C@H]1C. The van der Waals surface area contributed by atoms with Crippen LogP contribution in [0.15, 0.2) is 0 Å². The molecule has 3 atom stereocenters. The minimum Gasteiger partial charge on any atom is -0.396 e. The molecule has 1 aliphatic rings. The van der Waals surface area contributed by atoms with E-state index in [1.807, 2.05) is 18.9 Å². The monoisotopic (exact) mass is 273 g/mol. The van der Waals surface area contributed by atoms with Crippen LogP contribution in [0.2, 0.25) is 0 Å². The third kappa shape index (κ3) is 4.81. The second-order valence-electron chi connectivity index (χ2n) is 5.64. The molecule has 0 aliphatic heterocycles. The molecule has 0 aromatic carbocycles. The molecule has 1 saturated carbocycles. The fourth-order valence-electron chi connectivity index (χ4n) is 2.56. The number of aliphatic hydroxyl groups is 1. The number of rotatable bonds is 6. The molecule has 0 heterocycles. The Morgan fingerprint density at radius 1 is 1.44 bits per heavy atom. The molecule has 0 radical (unpaired) electrons. The highest BCUT2D eigenvalue weighted by Gasteiger charge is 2.27. The van der Waals surface area contributed by atoms with Gasteiger partial charge in [-0.3, -0.25) is 4.79 Å². The van der Waals surface area contributed by atoms with Gasteiger partial charge in [-0.1, -0.05) is 26.7 Å². The number of hydrogen-bond donors (Lipinski definition) is 1. The fourth-order valence-corrected chi connectivity index (χ4v) is 3.56. The van der Waals surface area contributed by atoms with E-state index in [1.165, 1.54) is 19.3 Å². The molecule has 1 aliphatic carbocycles. The highest BCUT2D eigenvalue weighted by atomic mass is 32.2. The van der Waals surface area contributed by atoms with Crippen molar-refractivity contribution in [1.82, 2.24) is 4.90 Å². The van der Waals surface area contributed by atoms with E-state index >= 15 is 0 Å². The van der Waals surface area contributed by atoms with E-state index in [0.717, 1.165) is 12.2 Å². The van der Waals surface area contributed by atoms with Crippen LogP contribution in [0, 0.1) is 11.8 Å². The molecule has 0 unspecified atom stereocenters. The molecule has 1 N–H and O–H groups in total. The molecule has 4 heteroatoms. The van der Waals surface area contributed by atoms with Crippen molar-refractivity contribution in [2.75, 3.05) is 25.2 Å². The number of carbonyl (C=O) groups is 1. The predicted octanol–water partition coefficient (Wildman–Crippen LogP) is 2.39. The lowest BCUT2D eigenvalue weighted by molar-refractivity contribution is -0.130. The van der Waals surface area contributed by atoms with Crippen molar-refractivity contribution >= 4 is 17.7 Å². The maximum Gasteiger partial charge on any atom is 0.232 e. The number of carbonyl (C=O) groups excluding carboxylic acids is 1. The standard InChI is InChI=1S/C14H27NO2S/c1-11(8-16)9-18-10-14(17)15(3)13-7-5-4-6-12(13)2/h11-13,16H,4-10H2,1-3H3/t11-,12-,13+/m1/s1. The molecular formula is C14H27NO2S. The normalized spacial score (nSPS) is 25.8. The van der Waals surface area contributed by atoms with E-state index in [-0.39, 0.29) is 18.4 Å². The van der Waals surface area contributed by atoms with Crippen LogP contribution in [0.3, 0.4) is 0 Å². The summed E-state index contributed by atoms with van der Waals surface area (Å²) in [5, 5.41) is 8.94. The van der Waals surface area contributed by atoms with Crippen LogP contribution in [0.5, 0.6) is 0 Å². The third-order valence-electron chi connectivity index (χ3n) is 3.90. The highest BCUT2D eigenvalue weighted by Crippen LogP contribution is 2.27. The van der Waals surface area contributed by atoms with E-state index < -0.39 is 0 Å². The van der Waals surface area contributed by atoms with Crippen molar-refractivity contribution in [3.05, 3.63) is 0 Å². The van der Waals surface area contributed by atoms with Gasteiger partial charge >= 0.3 is 0 Å². The van der Waals surface area contributed by atoms with E-state index in [0.29, 0.717) is 17.7 Å². The molecule has 0 aromatic rings. The van der Waals surface area contributed by atoms with Crippen LogP contribution in [0.25, 0.3) is 0 Å². The van der Waals surface area contributed by atoms with Crippen LogP contribution in [-0.4, -0.2) is 47.1 Å². The first-order valence-electron chi connectivity index (χ1n) is 7.00. The number of nitrogens with zero attached hydrogens (tertiary/aromatic N) is 1. The minimum atomic E-state index is 0.205. The van der Waals surface area contributed by atoms with Gasteiger partial charge in [0.15, 0.2) is 0 Å². The van der Waals surface area contributed by atoms with Gasteiger partial charge in [0.1, 0.15) is 0 Å². The van der Waals surface area contributed by atoms with Gasteiger partial charge in [-0.25, -0.2) is 0 Å². The van der Waals surface area contributed by atoms with Gasteiger partial charge in [0.25, 0.3) is 0 Å². The highest BCUT2D eigenvalue weighted by molar-refractivity contribution is 7.99. The Kier molecular flexibility index (Phi) is 7.08. The van der Waals surface area contributed by atoms with Gasteiger partial charge in [0, 0.05) is 19.7 Å². The Hall–Kier alpha value is -0.220. The molecule has 1 amide bonds. The lowest BCUT2D eigenvalue weighted by Gasteiger charge is -2.36. The summed E-state index contributed by atoms with van der Waals surface area (Å²) in [6, 6.07) is 0.433. The van der Waals surface area contributed by atoms with Crippen molar-refractivity contribution < 1.29 is 9.90 Å². The van der Waals surface area contributed by atoms with Crippen LogP contribution in [-0.2, 0) is 4.79 Å². The quantitative estimate of drug-likeness (QED) is 0.808. The zero-order valence-corrected chi connectivity index (χ0v) is 12.7. The summed E-state index contributed by atoms with van der Waals surface area (Å²) in [7, 11) is 1.95. The number of amides is 1. The van der Waals surface area contributed by atoms with Crippen LogP contribution in [0.4, 0.5) is 0 Å². The Bertz CT molecular complexity index is 260. The largest absolute Gasteiger partial charge is 0.396 e. The summed E-state index contributed by atoms with van der Waals surface area (Å²) in [6.45, 7) is 4.47. The first-order chi connectivity index (χ1) is 8.56. The predicted molar refractivity (Wildman–Crippen MR) is 77.8 cm³/mol. The first kappa shape index (κ1) is 15.8.